The maximum Gasteiger partial charge on any atom is 0.318 e. The highest BCUT2D eigenvalue weighted by Crippen LogP contribution is 2.12. The lowest BCUT2D eigenvalue weighted by molar-refractivity contribution is -0.121. The molecule has 0 spiro atoms. The Morgan fingerprint density at radius 3 is 2.42 bits per heavy atom. The van der Waals surface area contributed by atoms with Crippen LogP contribution in [0.4, 0.5) is 4.79 Å². The zero-order valence-corrected chi connectivity index (χ0v) is 11.1. The molecule has 6 nitrogen and oxygen atoms in total. The van der Waals surface area contributed by atoms with Crippen LogP contribution in [0.2, 0.25) is 0 Å². The molecule has 1 aromatic rings. The minimum Gasteiger partial charge on any atom is -0.484 e. The Morgan fingerprint density at radius 2 is 1.89 bits per heavy atom. The smallest absolute Gasteiger partial charge is 0.318 e. The van der Waals surface area contributed by atoms with Gasteiger partial charge in [-0.2, -0.15) is 0 Å². The van der Waals surface area contributed by atoms with Crippen LogP contribution in [-0.4, -0.2) is 24.6 Å². The number of ether oxygens (including phenoxy) is 1. The molecule has 0 saturated heterocycles. The van der Waals surface area contributed by atoms with E-state index in [0.29, 0.717) is 11.8 Å². The Balaban J connectivity index is 2.39. The first-order chi connectivity index (χ1) is 8.97. The largest absolute Gasteiger partial charge is 0.484 e. The summed E-state index contributed by atoms with van der Waals surface area (Å²) in [5.41, 5.74) is 5.93. The van der Waals surface area contributed by atoms with E-state index in [2.05, 4.69) is 19.2 Å². The predicted octanol–water partition coefficient (Wildman–Crippen LogP) is 0.758. The molecule has 0 aliphatic heterocycles. The van der Waals surface area contributed by atoms with Crippen LogP contribution in [0.5, 0.6) is 5.75 Å². The van der Waals surface area contributed by atoms with Crippen molar-refractivity contribution in [2.24, 2.45) is 5.73 Å². The number of hydrogen-bond donors (Lipinski definition) is 3. The number of rotatable bonds is 6. The Labute approximate surface area is 112 Å². The lowest BCUT2D eigenvalue weighted by Crippen LogP contribution is -2.38. The van der Waals surface area contributed by atoms with Gasteiger partial charge in [0, 0.05) is 12.6 Å². The number of benzene rings is 1. The number of carbonyl (C=O) groups excluding carboxylic acids is 2. The Morgan fingerprint density at radius 1 is 1.26 bits per heavy atom. The molecule has 0 fully saturated rings. The van der Waals surface area contributed by atoms with Gasteiger partial charge in [-0.3, -0.25) is 10.1 Å². The maximum atomic E-state index is 11.1. The van der Waals surface area contributed by atoms with Gasteiger partial charge < -0.3 is 15.8 Å². The van der Waals surface area contributed by atoms with Crippen LogP contribution in [-0.2, 0) is 11.3 Å². The van der Waals surface area contributed by atoms with E-state index in [9.17, 15) is 9.59 Å². The normalized spacial score (nSPS) is 10.3. The molecule has 3 amide bonds. The fourth-order valence-electron chi connectivity index (χ4n) is 1.35. The minimum atomic E-state index is -0.885. The topological polar surface area (TPSA) is 93.4 Å². The highest BCUT2D eigenvalue weighted by Gasteiger charge is 2.05. The third kappa shape index (κ3) is 6.42. The van der Waals surface area contributed by atoms with Gasteiger partial charge in [0.2, 0.25) is 0 Å². The van der Waals surface area contributed by atoms with Crippen LogP contribution < -0.4 is 21.1 Å². The molecule has 0 aliphatic carbocycles. The lowest BCUT2D eigenvalue weighted by Gasteiger charge is -2.09. The number of nitrogens with one attached hydrogen (secondary N) is 2. The Kier molecular flexibility index (Phi) is 5.81. The van der Waals surface area contributed by atoms with Crippen molar-refractivity contribution in [3.63, 3.8) is 0 Å². The van der Waals surface area contributed by atoms with Gasteiger partial charge in [-0.25, -0.2) is 4.79 Å². The third-order valence-electron chi connectivity index (χ3n) is 2.27. The first kappa shape index (κ1) is 15.0. The summed E-state index contributed by atoms with van der Waals surface area (Å²) in [5.74, 6) is -0.00836. The van der Waals surface area contributed by atoms with E-state index < -0.39 is 11.9 Å². The summed E-state index contributed by atoms with van der Waals surface area (Å²) in [4.78, 5) is 21.5. The van der Waals surface area contributed by atoms with E-state index in [-0.39, 0.29) is 6.61 Å². The average Bonchev–Trinajstić information content (AvgIpc) is 2.34. The van der Waals surface area contributed by atoms with Crippen molar-refractivity contribution in [2.75, 3.05) is 6.61 Å². The Bertz CT molecular complexity index is 429. The zero-order valence-electron chi connectivity index (χ0n) is 11.1. The second-order valence-corrected chi connectivity index (χ2v) is 4.38. The minimum absolute atomic E-state index is 0.244. The summed E-state index contributed by atoms with van der Waals surface area (Å²) in [7, 11) is 0. The van der Waals surface area contributed by atoms with Gasteiger partial charge in [-0.05, 0) is 17.7 Å². The highest BCUT2D eigenvalue weighted by molar-refractivity contribution is 5.94. The second-order valence-electron chi connectivity index (χ2n) is 4.38. The molecule has 104 valence electrons. The molecule has 1 aromatic carbocycles. The molecule has 0 aromatic heterocycles. The van der Waals surface area contributed by atoms with Crippen LogP contribution in [0.25, 0.3) is 0 Å². The monoisotopic (exact) mass is 265 g/mol. The van der Waals surface area contributed by atoms with Gasteiger partial charge >= 0.3 is 6.03 Å². The number of carbonyl (C=O) groups is 2. The van der Waals surface area contributed by atoms with Crippen molar-refractivity contribution in [3.05, 3.63) is 29.8 Å². The first-order valence-corrected chi connectivity index (χ1v) is 6.02. The molecule has 4 N–H and O–H groups in total. The van der Waals surface area contributed by atoms with E-state index in [1.807, 2.05) is 17.4 Å². The summed E-state index contributed by atoms with van der Waals surface area (Å²) < 4.78 is 5.21. The van der Waals surface area contributed by atoms with E-state index in [1.165, 1.54) is 0 Å². The summed E-state index contributed by atoms with van der Waals surface area (Å²) in [5, 5.41) is 5.22. The van der Waals surface area contributed by atoms with Crippen LogP contribution in [0.3, 0.4) is 0 Å². The van der Waals surface area contributed by atoms with Gasteiger partial charge in [-0.1, -0.05) is 26.0 Å². The molecular formula is C13H19N3O3. The van der Waals surface area contributed by atoms with Crippen LogP contribution in [0.1, 0.15) is 19.4 Å². The van der Waals surface area contributed by atoms with Gasteiger partial charge in [0.25, 0.3) is 5.91 Å². The standard InChI is InChI=1S/C13H19N3O3/c1-9(2)15-7-10-3-5-11(6-4-10)19-8-12(17)16-13(14)18/h3-6,9,15H,7-8H2,1-2H3,(H3,14,16,17,18). The van der Waals surface area contributed by atoms with Gasteiger partial charge in [0.15, 0.2) is 6.61 Å². The maximum absolute atomic E-state index is 11.1. The van der Waals surface area contributed by atoms with Crippen LogP contribution >= 0.6 is 0 Å². The van der Waals surface area contributed by atoms with Crippen molar-refractivity contribution in [1.82, 2.24) is 10.6 Å². The molecule has 6 heteroatoms. The molecule has 0 unspecified atom stereocenters. The lowest BCUT2D eigenvalue weighted by atomic mass is 10.2. The highest BCUT2D eigenvalue weighted by atomic mass is 16.5. The predicted molar refractivity (Wildman–Crippen MR) is 71.6 cm³/mol. The van der Waals surface area contributed by atoms with E-state index in [0.717, 1.165) is 12.1 Å². The number of amides is 3. The first-order valence-electron chi connectivity index (χ1n) is 6.02. The quantitative estimate of drug-likeness (QED) is 0.708. The molecule has 0 radical (unpaired) electrons. The molecule has 0 aliphatic rings. The van der Waals surface area contributed by atoms with Crippen LogP contribution in [0.15, 0.2) is 24.3 Å². The number of imide groups is 1. The average molecular weight is 265 g/mol. The third-order valence-corrected chi connectivity index (χ3v) is 2.27. The number of primary amides is 1. The van der Waals surface area contributed by atoms with E-state index >= 15 is 0 Å². The molecule has 0 atom stereocenters. The van der Waals surface area contributed by atoms with E-state index in [1.54, 1.807) is 12.1 Å². The van der Waals surface area contributed by atoms with Gasteiger partial charge in [0.1, 0.15) is 5.75 Å². The summed E-state index contributed by atoms with van der Waals surface area (Å²) in [6, 6.07) is 6.91. The van der Waals surface area contributed by atoms with Gasteiger partial charge in [-0.15, -0.1) is 0 Å². The second kappa shape index (κ2) is 7.38. The van der Waals surface area contributed by atoms with Crippen molar-refractivity contribution >= 4 is 11.9 Å². The molecular weight excluding hydrogens is 246 g/mol. The fourth-order valence-corrected chi connectivity index (χ4v) is 1.35. The zero-order chi connectivity index (χ0) is 14.3. The van der Waals surface area contributed by atoms with Crippen molar-refractivity contribution in [2.45, 2.75) is 26.4 Å². The summed E-state index contributed by atoms with van der Waals surface area (Å²) in [6.45, 7) is 4.69. The van der Waals surface area contributed by atoms with Crippen molar-refractivity contribution in [3.8, 4) is 5.75 Å². The number of nitrogens with two attached hydrogens (primary N) is 1. The molecule has 1 rings (SSSR count). The fraction of sp³-hybridized carbons (Fsp3) is 0.385. The van der Waals surface area contributed by atoms with Gasteiger partial charge in [0.05, 0.1) is 0 Å². The molecule has 19 heavy (non-hydrogen) atoms. The molecule has 0 heterocycles. The number of urea groups is 1. The Hall–Kier alpha value is -2.08. The summed E-state index contributed by atoms with van der Waals surface area (Å²) >= 11 is 0. The molecule has 0 saturated carbocycles. The van der Waals surface area contributed by atoms with E-state index in [4.69, 9.17) is 10.5 Å². The van der Waals surface area contributed by atoms with Crippen molar-refractivity contribution in [1.29, 1.82) is 0 Å². The molecule has 0 bridgehead atoms. The SMILES string of the molecule is CC(C)NCc1ccc(OCC(=O)NC(N)=O)cc1. The van der Waals surface area contributed by atoms with Crippen LogP contribution in [0, 0.1) is 0 Å². The summed E-state index contributed by atoms with van der Waals surface area (Å²) in [6.07, 6.45) is 0. The van der Waals surface area contributed by atoms with Crippen molar-refractivity contribution < 1.29 is 14.3 Å². The number of hydrogen-bond acceptors (Lipinski definition) is 4.